The fourth-order valence-corrected chi connectivity index (χ4v) is 3.14. The Hall–Kier alpha value is -2.65. The summed E-state index contributed by atoms with van der Waals surface area (Å²) < 4.78 is 52.2. The number of hydrogen-bond donors (Lipinski definition) is 4. The summed E-state index contributed by atoms with van der Waals surface area (Å²) in [6.07, 6.45) is -5.49. The standard InChI is InChI=1S/C23H28F4N2O3/c1-13(2)22(3,4)20(31)17(12-30)14-5-8-16(9-6-14)28-21(32)29-19-11-15(23(25,26)27)7-10-18(19)24/h5-11,13,17,20,30-31H,12H2,1-4H3,(H2,28,29,32). The molecule has 0 bridgehead atoms. The van der Waals surface area contributed by atoms with E-state index < -0.39 is 46.7 Å². The third kappa shape index (κ3) is 5.98. The topological polar surface area (TPSA) is 81.6 Å². The van der Waals surface area contributed by atoms with E-state index in [9.17, 15) is 32.6 Å². The molecule has 2 amide bonds. The first-order valence-electron chi connectivity index (χ1n) is 10.1. The first-order valence-corrected chi connectivity index (χ1v) is 10.1. The van der Waals surface area contributed by atoms with Crippen LogP contribution in [0.3, 0.4) is 0 Å². The zero-order valence-electron chi connectivity index (χ0n) is 18.3. The third-order valence-electron chi connectivity index (χ3n) is 5.97. The summed E-state index contributed by atoms with van der Waals surface area (Å²) in [5.74, 6) is -1.39. The van der Waals surface area contributed by atoms with Crippen LogP contribution in [0.5, 0.6) is 0 Å². The van der Waals surface area contributed by atoms with Gasteiger partial charge in [-0.2, -0.15) is 13.2 Å². The molecule has 0 saturated heterocycles. The van der Waals surface area contributed by atoms with E-state index in [2.05, 4.69) is 10.6 Å². The minimum Gasteiger partial charge on any atom is -0.396 e. The van der Waals surface area contributed by atoms with Gasteiger partial charge in [-0.15, -0.1) is 0 Å². The molecular weight excluding hydrogens is 428 g/mol. The summed E-state index contributed by atoms with van der Waals surface area (Å²) in [6.45, 7) is 7.52. The highest BCUT2D eigenvalue weighted by atomic mass is 19.4. The van der Waals surface area contributed by atoms with Crippen LogP contribution >= 0.6 is 0 Å². The molecule has 0 saturated carbocycles. The van der Waals surface area contributed by atoms with E-state index in [0.717, 1.165) is 0 Å². The lowest BCUT2D eigenvalue weighted by molar-refractivity contribution is -0.137. The SMILES string of the molecule is CC(C)C(C)(C)C(O)C(CO)c1ccc(NC(=O)Nc2cc(C(F)(F)F)ccc2F)cc1. The molecule has 0 spiro atoms. The maximum absolute atomic E-state index is 13.8. The predicted octanol–water partition coefficient (Wildman–Crippen LogP) is 5.61. The number of nitrogens with one attached hydrogen (secondary N) is 2. The van der Waals surface area contributed by atoms with Crippen LogP contribution in [0.25, 0.3) is 0 Å². The number of rotatable bonds is 7. The molecule has 2 aromatic rings. The van der Waals surface area contributed by atoms with Gasteiger partial charge in [0.15, 0.2) is 0 Å². The van der Waals surface area contributed by atoms with Gasteiger partial charge >= 0.3 is 12.2 Å². The maximum Gasteiger partial charge on any atom is 0.416 e. The Bertz CT molecular complexity index is 928. The van der Waals surface area contributed by atoms with Gasteiger partial charge in [-0.3, -0.25) is 0 Å². The molecule has 0 heterocycles. The number of benzene rings is 2. The molecule has 5 nitrogen and oxygen atoms in total. The molecule has 2 aromatic carbocycles. The molecule has 0 aliphatic carbocycles. The largest absolute Gasteiger partial charge is 0.416 e. The van der Waals surface area contributed by atoms with Crippen LogP contribution in [0.2, 0.25) is 0 Å². The van der Waals surface area contributed by atoms with Crippen LogP contribution in [0.15, 0.2) is 42.5 Å². The summed E-state index contributed by atoms with van der Waals surface area (Å²) in [4.78, 5) is 12.1. The molecule has 2 rings (SSSR count). The van der Waals surface area contributed by atoms with Gasteiger partial charge in [0.1, 0.15) is 5.82 Å². The average Bonchev–Trinajstić information content (AvgIpc) is 2.70. The van der Waals surface area contributed by atoms with E-state index in [1.165, 1.54) is 12.1 Å². The van der Waals surface area contributed by atoms with E-state index in [0.29, 0.717) is 29.4 Å². The second-order valence-electron chi connectivity index (χ2n) is 8.60. The van der Waals surface area contributed by atoms with Crippen molar-refractivity contribution in [2.75, 3.05) is 17.2 Å². The number of anilines is 2. The van der Waals surface area contributed by atoms with E-state index in [-0.39, 0.29) is 12.5 Å². The summed E-state index contributed by atoms with van der Waals surface area (Å²) >= 11 is 0. The van der Waals surface area contributed by atoms with Gasteiger partial charge in [-0.05, 0) is 47.2 Å². The minimum atomic E-state index is -4.67. The number of hydrogen-bond acceptors (Lipinski definition) is 3. The molecular formula is C23H28F4N2O3. The second kappa shape index (κ2) is 9.87. The first-order chi connectivity index (χ1) is 14.8. The summed E-state index contributed by atoms with van der Waals surface area (Å²) in [7, 11) is 0. The van der Waals surface area contributed by atoms with Crippen molar-refractivity contribution in [2.24, 2.45) is 11.3 Å². The Morgan fingerprint density at radius 3 is 2.12 bits per heavy atom. The number of halogens is 4. The lowest BCUT2D eigenvalue weighted by Gasteiger charge is -2.38. The van der Waals surface area contributed by atoms with Crippen LogP contribution < -0.4 is 10.6 Å². The molecule has 0 fully saturated rings. The summed E-state index contributed by atoms with van der Waals surface area (Å²) in [5, 5.41) is 25.1. The van der Waals surface area contributed by atoms with Gasteiger partial charge in [-0.25, -0.2) is 9.18 Å². The predicted molar refractivity (Wildman–Crippen MR) is 115 cm³/mol. The molecule has 0 aliphatic rings. The highest BCUT2D eigenvalue weighted by Crippen LogP contribution is 2.38. The smallest absolute Gasteiger partial charge is 0.396 e. The van der Waals surface area contributed by atoms with Crippen molar-refractivity contribution in [3.8, 4) is 0 Å². The average molecular weight is 456 g/mol. The normalized spacial score (nSPS) is 14.2. The van der Waals surface area contributed by atoms with Crippen LogP contribution in [-0.4, -0.2) is 29.0 Å². The Kier molecular flexibility index (Phi) is 7.90. The van der Waals surface area contributed by atoms with Gasteiger partial charge in [0.25, 0.3) is 0 Å². The van der Waals surface area contributed by atoms with Crippen LogP contribution in [0, 0.1) is 17.2 Å². The Balaban J connectivity index is 2.12. The molecule has 9 heteroatoms. The molecule has 4 N–H and O–H groups in total. The number of alkyl halides is 3. The number of amides is 2. The molecule has 2 atom stereocenters. The zero-order chi connectivity index (χ0) is 24.3. The Morgan fingerprint density at radius 2 is 1.62 bits per heavy atom. The van der Waals surface area contributed by atoms with E-state index in [4.69, 9.17) is 0 Å². The van der Waals surface area contributed by atoms with Gasteiger partial charge in [0.05, 0.1) is 24.0 Å². The van der Waals surface area contributed by atoms with Crippen LogP contribution in [0.1, 0.15) is 44.7 Å². The number of aliphatic hydroxyl groups is 2. The highest BCUT2D eigenvalue weighted by molar-refractivity contribution is 5.99. The Morgan fingerprint density at radius 1 is 1.03 bits per heavy atom. The number of urea groups is 1. The van der Waals surface area contributed by atoms with E-state index in [1.807, 2.05) is 27.7 Å². The Labute approximate surface area is 184 Å². The molecule has 2 unspecified atom stereocenters. The highest BCUT2D eigenvalue weighted by Gasteiger charge is 2.37. The lowest BCUT2D eigenvalue weighted by atomic mass is 9.70. The van der Waals surface area contributed by atoms with Crippen molar-refractivity contribution in [3.63, 3.8) is 0 Å². The molecule has 0 aromatic heterocycles. The molecule has 0 radical (unpaired) electrons. The number of carbonyl (C=O) groups excluding carboxylic acids is 1. The van der Waals surface area contributed by atoms with Crippen molar-refractivity contribution in [1.82, 2.24) is 0 Å². The van der Waals surface area contributed by atoms with E-state index >= 15 is 0 Å². The quantitative estimate of drug-likeness (QED) is 0.409. The number of carbonyl (C=O) groups is 1. The molecule has 32 heavy (non-hydrogen) atoms. The number of aliphatic hydroxyl groups excluding tert-OH is 2. The molecule has 176 valence electrons. The van der Waals surface area contributed by atoms with Crippen molar-refractivity contribution >= 4 is 17.4 Å². The molecule has 0 aliphatic heterocycles. The lowest BCUT2D eigenvalue weighted by Crippen LogP contribution is -2.40. The van der Waals surface area contributed by atoms with Gasteiger partial charge < -0.3 is 20.8 Å². The van der Waals surface area contributed by atoms with Gasteiger partial charge in [0, 0.05) is 11.6 Å². The maximum atomic E-state index is 13.8. The second-order valence-corrected chi connectivity index (χ2v) is 8.60. The van der Waals surface area contributed by atoms with Crippen LogP contribution in [-0.2, 0) is 6.18 Å². The van der Waals surface area contributed by atoms with Gasteiger partial charge in [-0.1, -0.05) is 39.8 Å². The van der Waals surface area contributed by atoms with Crippen molar-refractivity contribution < 1.29 is 32.6 Å². The minimum absolute atomic E-state index is 0.160. The fraction of sp³-hybridized carbons (Fsp3) is 0.435. The summed E-state index contributed by atoms with van der Waals surface area (Å²) in [6, 6.07) is 7.11. The zero-order valence-corrected chi connectivity index (χ0v) is 18.3. The third-order valence-corrected chi connectivity index (χ3v) is 5.97. The van der Waals surface area contributed by atoms with Crippen LogP contribution in [0.4, 0.5) is 33.7 Å². The van der Waals surface area contributed by atoms with Crippen molar-refractivity contribution in [3.05, 3.63) is 59.4 Å². The first kappa shape index (κ1) is 25.6. The van der Waals surface area contributed by atoms with E-state index in [1.54, 1.807) is 12.1 Å². The summed E-state index contributed by atoms with van der Waals surface area (Å²) in [5.41, 5.74) is -1.19. The van der Waals surface area contributed by atoms with Gasteiger partial charge in [0.2, 0.25) is 0 Å². The monoisotopic (exact) mass is 456 g/mol. The fourth-order valence-electron chi connectivity index (χ4n) is 3.14. The van der Waals surface area contributed by atoms with Crippen molar-refractivity contribution in [2.45, 2.75) is 45.9 Å². The van der Waals surface area contributed by atoms with Crippen molar-refractivity contribution in [1.29, 1.82) is 0 Å².